The molecule has 0 aliphatic carbocycles. The van der Waals surface area contributed by atoms with E-state index in [4.69, 9.17) is 0 Å². The molecule has 0 aromatic heterocycles. The highest BCUT2D eigenvalue weighted by Gasteiger charge is 2.23. The second kappa shape index (κ2) is 9.41. The van der Waals surface area contributed by atoms with Crippen molar-refractivity contribution in [3.05, 3.63) is 34.9 Å². The van der Waals surface area contributed by atoms with Crippen LogP contribution in [0.15, 0.2) is 18.2 Å². The molecule has 1 saturated heterocycles. The minimum atomic E-state index is 0.521. The second-order valence-corrected chi connectivity index (χ2v) is 6.95. The van der Waals surface area contributed by atoms with E-state index in [1.54, 1.807) is 0 Å². The van der Waals surface area contributed by atoms with Gasteiger partial charge in [0.05, 0.1) is 0 Å². The van der Waals surface area contributed by atoms with Gasteiger partial charge >= 0.3 is 0 Å². The van der Waals surface area contributed by atoms with E-state index in [0.29, 0.717) is 6.04 Å². The van der Waals surface area contributed by atoms with Crippen LogP contribution in [-0.4, -0.2) is 55.6 Å². The van der Waals surface area contributed by atoms with Crippen LogP contribution >= 0.6 is 0 Å². The summed E-state index contributed by atoms with van der Waals surface area (Å²) in [6.07, 6.45) is 2.45. The molecule has 0 spiro atoms. The van der Waals surface area contributed by atoms with Crippen LogP contribution in [0.5, 0.6) is 0 Å². The van der Waals surface area contributed by atoms with Gasteiger partial charge < -0.3 is 5.32 Å². The summed E-state index contributed by atoms with van der Waals surface area (Å²) in [6.45, 7) is 17.2. The highest BCUT2D eigenvalue weighted by Crippen LogP contribution is 2.25. The Bertz CT molecular complexity index is 460. The van der Waals surface area contributed by atoms with E-state index in [1.165, 1.54) is 55.7 Å². The first kappa shape index (κ1) is 18.4. The molecule has 2 rings (SSSR count). The molecule has 3 nitrogen and oxygen atoms in total. The van der Waals surface area contributed by atoms with Crippen LogP contribution in [0.2, 0.25) is 0 Å². The number of nitrogens with zero attached hydrogens (tertiary/aromatic N) is 2. The summed E-state index contributed by atoms with van der Waals surface area (Å²) in [5, 5.41) is 3.47. The molecule has 0 saturated carbocycles. The van der Waals surface area contributed by atoms with Gasteiger partial charge in [-0.15, -0.1) is 0 Å². The van der Waals surface area contributed by atoms with Crippen LogP contribution in [0.3, 0.4) is 0 Å². The van der Waals surface area contributed by atoms with E-state index in [9.17, 15) is 0 Å². The van der Waals surface area contributed by atoms with Crippen LogP contribution in [0, 0.1) is 13.8 Å². The van der Waals surface area contributed by atoms with Gasteiger partial charge in [-0.2, -0.15) is 0 Å². The molecule has 0 radical (unpaired) electrons. The number of nitrogens with one attached hydrogen (secondary N) is 1. The van der Waals surface area contributed by atoms with Crippen molar-refractivity contribution in [3.63, 3.8) is 0 Å². The van der Waals surface area contributed by atoms with E-state index in [-0.39, 0.29) is 0 Å². The van der Waals surface area contributed by atoms with Crippen LogP contribution in [0.25, 0.3) is 0 Å². The summed E-state index contributed by atoms with van der Waals surface area (Å²) in [7, 11) is 0. The Morgan fingerprint density at radius 3 is 2.26 bits per heavy atom. The molecule has 1 heterocycles. The van der Waals surface area contributed by atoms with Crippen LogP contribution in [0.4, 0.5) is 0 Å². The Balaban J connectivity index is 2.22. The summed E-state index contributed by atoms with van der Waals surface area (Å²) in [5.74, 6) is 0. The average Bonchev–Trinajstić information content (AvgIpc) is 2.56. The lowest BCUT2D eigenvalue weighted by molar-refractivity contribution is 0.129. The molecule has 23 heavy (non-hydrogen) atoms. The zero-order chi connectivity index (χ0) is 16.7. The lowest BCUT2D eigenvalue weighted by atomic mass is 9.98. The van der Waals surface area contributed by atoms with Crippen molar-refractivity contribution >= 4 is 0 Å². The van der Waals surface area contributed by atoms with Crippen molar-refractivity contribution in [1.29, 1.82) is 0 Å². The molecule has 1 fully saturated rings. The smallest absolute Gasteiger partial charge is 0.0475 e. The van der Waals surface area contributed by atoms with Crippen molar-refractivity contribution in [3.8, 4) is 0 Å². The molecule has 1 aromatic carbocycles. The molecule has 1 unspecified atom stereocenters. The fourth-order valence-corrected chi connectivity index (χ4v) is 3.54. The lowest BCUT2D eigenvalue weighted by Crippen LogP contribution is -2.47. The van der Waals surface area contributed by atoms with Crippen molar-refractivity contribution in [1.82, 2.24) is 15.1 Å². The number of hydrogen-bond donors (Lipinski definition) is 1. The minimum absolute atomic E-state index is 0.521. The third kappa shape index (κ3) is 5.30. The van der Waals surface area contributed by atoms with Crippen molar-refractivity contribution in [2.75, 3.05) is 45.8 Å². The van der Waals surface area contributed by atoms with Gasteiger partial charge in [-0.25, -0.2) is 0 Å². The predicted octanol–water partition coefficient (Wildman–Crippen LogP) is 3.37. The van der Waals surface area contributed by atoms with Gasteiger partial charge in [0, 0.05) is 38.8 Å². The Hall–Kier alpha value is -0.900. The number of piperazine rings is 1. The van der Waals surface area contributed by atoms with Crippen molar-refractivity contribution in [2.45, 2.75) is 46.6 Å². The standard InChI is InChI=1S/C20H35N3/c1-5-11-23(12-6-2)20(16-22-13-9-21-10-14-22)19-8-7-17(3)18(4)15-19/h7-8,15,20-21H,5-6,9-14,16H2,1-4H3. The largest absolute Gasteiger partial charge is 0.314 e. The molecule has 1 aliphatic heterocycles. The quantitative estimate of drug-likeness (QED) is 0.793. The van der Waals surface area contributed by atoms with E-state index in [0.717, 1.165) is 19.6 Å². The molecule has 130 valence electrons. The van der Waals surface area contributed by atoms with Crippen molar-refractivity contribution < 1.29 is 0 Å². The highest BCUT2D eigenvalue weighted by atomic mass is 15.2. The maximum Gasteiger partial charge on any atom is 0.0475 e. The van der Waals surface area contributed by atoms with Crippen LogP contribution in [-0.2, 0) is 0 Å². The third-order valence-corrected chi connectivity index (χ3v) is 5.02. The van der Waals surface area contributed by atoms with E-state index < -0.39 is 0 Å². The summed E-state index contributed by atoms with van der Waals surface area (Å²) in [4.78, 5) is 5.33. The number of hydrogen-bond acceptors (Lipinski definition) is 3. The van der Waals surface area contributed by atoms with Gasteiger partial charge in [-0.3, -0.25) is 9.80 Å². The fourth-order valence-electron chi connectivity index (χ4n) is 3.54. The Labute approximate surface area is 143 Å². The third-order valence-electron chi connectivity index (χ3n) is 5.02. The zero-order valence-corrected chi connectivity index (χ0v) is 15.6. The fraction of sp³-hybridized carbons (Fsp3) is 0.700. The number of aryl methyl sites for hydroxylation is 2. The van der Waals surface area contributed by atoms with Gasteiger partial charge in [0.2, 0.25) is 0 Å². The molecule has 1 aliphatic rings. The van der Waals surface area contributed by atoms with E-state index in [2.05, 4.69) is 61.0 Å². The first-order valence-electron chi connectivity index (χ1n) is 9.40. The first-order chi connectivity index (χ1) is 11.2. The summed E-state index contributed by atoms with van der Waals surface area (Å²) < 4.78 is 0. The Kier molecular flexibility index (Phi) is 7.54. The van der Waals surface area contributed by atoms with E-state index in [1.807, 2.05) is 0 Å². The van der Waals surface area contributed by atoms with Crippen molar-refractivity contribution in [2.24, 2.45) is 0 Å². The van der Waals surface area contributed by atoms with Crippen LogP contribution < -0.4 is 5.32 Å². The van der Waals surface area contributed by atoms with Gasteiger partial charge in [0.25, 0.3) is 0 Å². The van der Waals surface area contributed by atoms with E-state index >= 15 is 0 Å². The Morgan fingerprint density at radius 2 is 1.70 bits per heavy atom. The number of benzene rings is 1. The molecular formula is C20H35N3. The maximum atomic E-state index is 3.47. The van der Waals surface area contributed by atoms with Gasteiger partial charge in [-0.05, 0) is 56.5 Å². The molecule has 1 aromatic rings. The molecule has 0 amide bonds. The Morgan fingerprint density at radius 1 is 1.04 bits per heavy atom. The van der Waals surface area contributed by atoms with Gasteiger partial charge in [0.15, 0.2) is 0 Å². The maximum absolute atomic E-state index is 3.47. The first-order valence-corrected chi connectivity index (χ1v) is 9.40. The van der Waals surface area contributed by atoms with Gasteiger partial charge in [-0.1, -0.05) is 32.0 Å². The normalized spacial score (nSPS) is 17.6. The number of rotatable bonds is 8. The second-order valence-electron chi connectivity index (χ2n) is 6.95. The summed E-state index contributed by atoms with van der Waals surface area (Å²) in [5.41, 5.74) is 4.31. The van der Waals surface area contributed by atoms with Crippen LogP contribution in [0.1, 0.15) is 49.4 Å². The summed E-state index contributed by atoms with van der Waals surface area (Å²) >= 11 is 0. The predicted molar refractivity (Wildman–Crippen MR) is 100 cm³/mol. The molecular weight excluding hydrogens is 282 g/mol. The monoisotopic (exact) mass is 317 g/mol. The molecule has 1 atom stereocenters. The average molecular weight is 318 g/mol. The summed E-state index contributed by atoms with van der Waals surface area (Å²) in [6, 6.07) is 7.59. The molecule has 1 N–H and O–H groups in total. The molecule has 3 heteroatoms. The SMILES string of the molecule is CCCN(CCC)C(CN1CCNCC1)c1ccc(C)c(C)c1. The van der Waals surface area contributed by atoms with Gasteiger partial charge in [0.1, 0.15) is 0 Å². The highest BCUT2D eigenvalue weighted by molar-refractivity contribution is 5.32. The zero-order valence-electron chi connectivity index (χ0n) is 15.6. The molecule has 0 bridgehead atoms. The topological polar surface area (TPSA) is 18.5 Å². The minimum Gasteiger partial charge on any atom is -0.314 e. The lowest BCUT2D eigenvalue weighted by Gasteiger charge is -2.37.